The number of rotatable bonds is 4. The van der Waals surface area contributed by atoms with Gasteiger partial charge in [0.05, 0.1) is 5.56 Å². The summed E-state index contributed by atoms with van der Waals surface area (Å²) < 4.78 is 1.14. The van der Waals surface area contributed by atoms with E-state index in [9.17, 15) is 14.4 Å². The van der Waals surface area contributed by atoms with E-state index in [2.05, 4.69) is 0 Å². The molecule has 1 heterocycles. The molecule has 17 heavy (non-hydrogen) atoms. The number of Topliss-reactive ketones (excluding diaryl/α,β-unsaturated/α-hetero) is 1. The van der Waals surface area contributed by atoms with Gasteiger partial charge in [0, 0.05) is 6.54 Å². The molecule has 0 amide bonds. The second kappa shape index (κ2) is 4.95. The van der Waals surface area contributed by atoms with Crippen LogP contribution in [0.2, 0.25) is 0 Å². The van der Waals surface area contributed by atoms with Gasteiger partial charge in [-0.05, 0) is 31.9 Å². The van der Waals surface area contributed by atoms with E-state index in [0.29, 0.717) is 12.0 Å². The van der Waals surface area contributed by atoms with Gasteiger partial charge in [-0.1, -0.05) is 6.92 Å². The lowest BCUT2D eigenvalue weighted by Gasteiger charge is -2.13. The van der Waals surface area contributed by atoms with Crippen LogP contribution in [0.1, 0.15) is 47.2 Å². The smallest absolute Gasteiger partial charge is 0.352 e. The van der Waals surface area contributed by atoms with Crippen LogP contribution in [0.3, 0.4) is 0 Å². The molecule has 0 aromatic carbocycles. The van der Waals surface area contributed by atoms with E-state index in [-0.39, 0.29) is 23.6 Å². The molecule has 0 fully saturated rings. The number of carboxylic acids is 1. The summed E-state index contributed by atoms with van der Waals surface area (Å²) >= 11 is 0. The van der Waals surface area contributed by atoms with Crippen LogP contribution in [0.25, 0.3) is 0 Å². The maximum absolute atomic E-state index is 11.9. The highest BCUT2D eigenvalue weighted by Gasteiger charge is 2.19. The van der Waals surface area contributed by atoms with Crippen molar-refractivity contribution in [2.24, 2.45) is 0 Å². The summed E-state index contributed by atoms with van der Waals surface area (Å²) in [6.07, 6.45) is 0.461. The molecule has 1 N–H and O–H groups in total. The predicted octanol–water partition coefficient (Wildman–Crippen LogP) is 1.33. The number of aromatic carboxylic acids is 1. The summed E-state index contributed by atoms with van der Waals surface area (Å²) in [6.45, 7) is 5.00. The second-order valence-electron chi connectivity index (χ2n) is 3.70. The maximum Gasteiger partial charge on any atom is 0.352 e. The molecular formula is C12H15NO4. The van der Waals surface area contributed by atoms with E-state index in [4.69, 9.17) is 5.11 Å². The molecular weight excluding hydrogens is 222 g/mol. The lowest BCUT2D eigenvalue weighted by atomic mass is 10.1. The fourth-order valence-corrected chi connectivity index (χ4v) is 1.80. The van der Waals surface area contributed by atoms with Gasteiger partial charge in [0.1, 0.15) is 5.69 Å². The van der Waals surface area contributed by atoms with Crippen LogP contribution in [0.15, 0.2) is 10.9 Å². The number of nitrogens with zero attached hydrogens (tertiary/aromatic N) is 1. The molecule has 1 aromatic rings. The fourth-order valence-electron chi connectivity index (χ4n) is 1.80. The van der Waals surface area contributed by atoms with Crippen molar-refractivity contribution in [3.05, 3.63) is 33.2 Å². The monoisotopic (exact) mass is 237 g/mol. The normalized spacial score (nSPS) is 10.3. The number of carboxylic acid groups (broad SMARTS) is 1. The molecule has 0 radical (unpaired) electrons. The van der Waals surface area contributed by atoms with Crippen LogP contribution in [-0.4, -0.2) is 21.4 Å². The fraction of sp³-hybridized carbons (Fsp3) is 0.417. The predicted molar refractivity (Wildman–Crippen MR) is 62.7 cm³/mol. The SMILES string of the molecule is CCc1cc(C(C)=O)c(=O)n(CC)c1C(=O)O. The molecule has 1 aromatic heterocycles. The third-order valence-electron chi connectivity index (χ3n) is 2.65. The summed E-state index contributed by atoms with van der Waals surface area (Å²) in [5, 5.41) is 9.12. The standard InChI is InChI=1S/C12H15NO4/c1-4-8-6-9(7(3)14)11(15)13(5-2)10(8)12(16)17/h6H,4-5H2,1-3H3,(H,16,17). The number of hydrogen-bond acceptors (Lipinski definition) is 3. The van der Waals surface area contributed by atoms with Crippen molar-refractivity contribution in [1.29, 1.82) is 0 Å². The van der Waals surface area contributed by atoms with Gasteiger partial charge >= 0.3 is 5.97 Å². The van der Waals surface area contributed by atoms with Crippen molar-refractivity contribution < 1.29 is 14.7 Å². The number of carbonyl (C=O) groups excluding carboxylic acids is 1. The van der Waals surface area contributed by atoms with Gasteiger partial charge in [-0.3, -0.25) is 9.59 Å². The Morgan fingerprint density at radius 3 is 2.29 bits per heavy atom. The molecule has 0 saturated heterocycles. The highest BCUT2D eigenvalue weighted by molar-refractivity contribution is 5.95. The summed E-state index contributed by atoms with van der Waals surface area (Å²) in [6, 6.07) is 1.39. The molecule has 0 aliphatic heterocycles. The molecule has 92 valence electrons. The van der Waals surface area contributed by atoms with Gasteiger partial charge in [-0.2, -0.15) is 0 Å². The minimum atomic E-state index is -1.14. The molecule has 5 nitrogen and oxygen atoms in total. The quantitative estimate of drug-likeness (QED) is 0.801. The Kier molecular flexibility index (Phi) is 3.83. The molecule has 0 aliphatic carbocycles. The first-order valence-corrected chi connectivity index (χ1v) is 5.44. The Bertz CT molecular complexity index is 528. The van der Waals surface area contributed by atoms with Crippen molar-refractivity contribution >= 4 is 11.8 Å². The number of pyridine rings is 1. The van der Waals surface area contributed by atoms with Crippen molar-refractivity contribution in [2.75, 3.05) is 0 Å². The first-order valence-electron chi connectivity index (χ1n) is 5.44. The van der Waals surface area contributed by atoms with Crippen molar-refractivity contribution in [2.45, 2.75) is 33.7 Å². The van der Waals surface area contributed by atoms with Crippen molar-refractivity contribution in [1.82, 2.24) is 4.57 Å². The number of hydrogen-bond donors (Lipinski definition) is 1. The molecule has 0 bridgehead atoms. The molecule has 5 heteroatoms. The zero-order valence-corrected chi connectivity index (χ0v) is 10.1. The van der Waals surface area contributed by atoms with Crippen LogP contribution in [0.5, 0.6) is 0 Å². The zero-order valence-electron chi connectivity index (χ0n) is 10.1. The number of aryl methyl sites for hydroxylation is 1. The Labute approximate surface area is 98.7 Å². The van der Waals surface area contributed by atoms with Gasteiger partial charge in [-0.15, -0.1) is 0 Å². The van der Waals surface area contributed by atoms with Crippen LogP contribution in [0, 0.1) is 0 Å². The summed E-state index contributed by atoms with van der Waals surface area (Å²) in [4.78, 5) is 34.4. The van der Waals surface area contributed by atoms with E-state index in [0.717, 1.165) is 4.57 Å². The summed E-state index contributed by atoms with van der Waals surface area (Å²) in [5.41, 5.74) is -0.00236. The Balaban J connectivity index is 3.74. The molecule has 0 aliphatic rings. The molecule has 0 spiro atoms. The Hall–Kier alpha value is -1.91. The minimum absolute atomic E-state index is 0.0231. The highest BCUT2D eigenvalue weighted by atomic mass is 16.4. The average molecular weight is 237 g/mol. The molecule has 0 atom stereocenters. The minimum Gasteiger partial charge on any atom is -0.477 e. The van der Waals surface area contributed by atoms with Gasteiger partial charge in [0.2, 0.25) is 0 Å². The van der Waals surface area contributed by atoms with Crippen LogP contribution >= 0.6 is 0 Å². The van der Waals surface area contributed by atoms with Crippen molar-refractivity contribution in [3.63, 3.8) is 0 Å². The summed E-state index contributed by atoms with van der Waals surface area (Å²) in [7, 11) is 0. The van der Waals surface area contributed by atoms with Crippen LogP contribution in [0.4, 0.5) is 0 Å². The zero-order chi connectivity index (χ0) is 13.2. The topological polar surface area (TPSA) is 76.4 Å². The number of aromatic nitrogens is 1. The Morgan fingerprint density at radius 2 is 1.94 bits per heavy atom. The third-order valence-corrected chi connectivity index (χ3v) is 2.65. The van der Waals surface area contributed by atoms with Gasteiger partial charge < -0.3 is 9.67 Å². The van der Waals surface area contributed by atoms with E-state index in [1.165, 1.54) is 13.0 Å². The summed E-state index contributed by atoms with van der Waals surface area (Å²) in [5.74, 6) is -1.49. The largest absolute Gasteiger partial charge is 0.477 e. The lowest BCUT2D eigenvalue weighted by molar-refractivity contribution is 0.0681. The van der Waals surface area contributed by atoms with E-state index in [1.54, 1.807) is 13.8 Å². The van der Waals surface area contributed by atoms with Gasteiger partial charge in [0.15, 0.2) is 5.78 Å². The van der Waals surface area contributed by atoms with Crippen LogP contribution in [-0.2, 0) is 13.0 Å². The van der Waals surface area contributed by atoms with E-state index in [1.807, 2.05) is 0 Å². The van der Waals surface area contributed by atoms with Crippen LogP contribution < -0.4 is 5.56 Å². The Morgan fingerprint density at radius 1 is 1.35 bits per heavy atom. The molecule has 0 unspecified atom stereocenters. The molecule has 0 saturated carbocycles. The van der Waals surface area contributed by atoms with Gasteiger partial charge in [0.25, 0.3) is 5.56 Å². The average Bonchev–Trinajstić information content (AvgIpc) is 2.27. The van der Waals surface area contributed by atoms with Crippen molar-refractivity contribution in [3.8, 4) is 0 Å². The lowest BCUT2D eigenvalue weighted by Crippen LogP contribution is -2.31. The van der Waals surface area contributed by atoms with E-state index < -0.39 is 11.5 Å². The third kappa shape index (κ3) is 2.27. The number of ketones is 1. The number of carbonyl (C=O) groups is 2. The first kappa shape index (κ1) is 13.2. The first-order chi connectivity index (χ1) is 7.93. The van der Waals surface area contributed by atoms with Gasteiger partial charge in [-0.25, -0.2) is 4.79 Å². The maximum atomic E-state index is 11.9. The molecule has 1 rings (SSSR count). The highest BCUT2D eigenvalue weighted by Crippen LogP contribution is 2.11. The second-order valence-corrected chi connectivity index (χ2v) is 3.70. The van der Waals surface area contributed by atoms with E-state index >= 15 is 0 Å².